The van der Waals surface area contributed by atoms with Crippen LogP contribution in [0.25, 0.3) is 0 Å². The van der Waals surface area contributed by atoms with Gasteiger partial charge in [0, 0.05) is 0 Å². The molecule has 8 nitrogen and oxygen atoms in total. The quantitative estimate of drug-likeness (QED) is 0.240. The van der Waals surface area contributed by atoms with Gasteiger partial charge < -0.3 is 15.4 Å². The second-order valence-electron chi connectivity index (χ2n) is 9.43. The van der Waals surface area contributed by atoms with Gasteiger partial charge in [0.25, 0.3) is 15.9 Å². The van der Waals surface area contributed by atoms with Gasteiger partial charge in [-0.05, 0) is 62.7 Å². The molecule has 0 unspecified atom stereocenters. The van der Waals surface area contributed by atoms with Crippen molar-refractivity contribution in [1.29, 1.82) is 0 Å². The molecule has 41 heavy (non-hydrogen) atoms. The number of hydrogen-bond donors (Lipinski definition) is 2. The number of hydrogen-bond acceptors (Lipinski definition) is 5. The lowest BCUT2D eigenvalue weighted by Crippen LogP contribution is -2.38. The smallest absolute Gasteiger partial charge is 0.264 e. The van der Waals surface area contributed by atoms with E-state index in [1.807, 2.05) is 44.2 Å². The first-order valence-corrected chi connectivity index (χ1v) is 14.7. The largest absolute Gasteiger partial charge is 0.492 e. The van der Waals surface area contributed by atoms with Gasteiger partial charge in [-0.1, -0.05) is 72.3 Å². The van der Waals surface area contributed by atoms with E-state index in [4.69, 9.17) is 4.74 Å². The molecule has 0 bridgehead atoms. The van der Waals surface area contributed by atoms with Crippen molar-refractivity contribution in [3.63, 3.8) is 0 Å². The maximum Gasteiger partial charge on any atom is 0.264 e. The van der Waals surface area contributed by atoms with Gasteiger partial charge in [-0.2, -0.15) is 0 Å². The molecular formula is C32H33N3O5S. The number of sulfonamides is 1. The summed E-state index contributed by atoms with van der Waals surface area (Å²) in [6.07, 6.45) is 0. The highest BCUT2D eigenvalue weighted by molar-refractivity contribution is 7.92. The highest BCUT2D eigenvalue weighted by Crippen LogP contribution is 2.32. The lowest BCUT2D eigenvalue weighted by Gasteiger charge is -2.26. The third-order valence-corrected chi connectivity index (χ3v) is 8.20. The van der Waals surface area contributed by atoms with E-state index in [2.05, 4.69) is 10.6 Å². The van der Waals surface area contributed by atoms with Crippen LogP contribution in [0.15, 0.2) is 108 Å². The van der Waals surface area contributed by atoms with Crippen LogP contribution < -0.4 is 19.7 Å². The van der Waals surface area contributed by atoms with Gasteiger partial charge in [0.15, 0.2) is 0 Å². The molecule has 4 aromatic carbocycles. The van der Waals surface area contributed by atoms with Crippen LogP contribution in [-0.2, 0) is 14.8 Å². The Kier molecular flexibility index (Phi) is 9.41. The number of nitrogens with zero attached hydrogens (tertiary/aromatic N) is 1. The highest BCUT2D eigenvalue weighted by atomic mass is 32.2. The summed E-state index contributed by atoms with van der Waals surface area (Å²) >= 11 is 0. The zero-order valence-corrected chi connectivity index (χ0v) is 24.0. The van der Waals surface area contributed by atoms with Crippen LogP contribution in [0.1, 0.15) is 41.4 Å². The van der Waals surface area contributed by atoms with Crippen molar-refractivity contribution < 1.29 is 22.7 Å². The Balaban J connectivity index is 1.62. The van der Waals surface area contributed by atoms with E-state index in [-0.39, 0.29) is 33.8 Å². The lowest BCUT2D eigenvalue weighted by atomic mass is 10.1. The van der Waals surface area contributed by atoms with E-state index in [0.717, 1.165) is 15.4 Å². The number of aryl methyl sites for hydroxylation is 1. The number of carbonyl (C=O) groups excluding carboxylic acids is 2. The first-order chi connectivity index (χ1) is 19.7. The van der Waals surface area contributed by atoms with E-state index >= 15 is 0 Å². The molecule has 0 radical (unpaired) electrons. The van der Waals surface area contributed by atoms with E-state index < -0.39 is 22.5 Å². The van der Waals surface area contributed by atoms with Crippen LogP contribution in [0.3, 0.4) is 0 Å². The average molecular weight is 572 g/mol. The summed E-state index contributed by atoms with van der Waals surface area (Å²) in [6, 6.07) is 28.9. The third kappa shape index (κ3) is 7.12. The summed E-state index contributed by atoms with van der Waals surface area (Å²) < 4.78 is 34.4. The fourth-order valence-corrected chi connectivity index (χ4v) is 5.72. The molecular weight excluding hydrogens is 538 g/mol. The van der Waals surface area contributed by atoms with Crippen LogP contribution >= 0.6 is 0 Å². The molecule has 0 heterocycles. The molecule has 212 valence electrons. The van der Waals surface area contributed by atoms with E-state index in [0.29, 0.717) is 12.4 Å². The molecule has 9 heteroatoms. The van der Waals surface area contributed by atoms with Gasteiger partial charge in [-0.25, -0.2) is 8.42 Å². The zero-order chi connectivity index (χ0) is 29.4. The lowest BCUT2D eigenvalue weighted by molar-refractivity contribution is -0.114. The first kappa shape index (κ1) is 29.4. The highest BCUT2D eigenvalue weighted by Gasteiger charge is 2.30. The summed E-state index contributed by atoms with van der Waals surface area (Å²) in [5, 5.41) is 5.69. The topological polar surface area (TPSA) is 105 Å². The number of para-hydroxylation sites is 3. The molecule has 0 aliphatic carbocycles. The summed E-state index contributed by atoms with van der Waals surface area (Å²) in [7, 11) is -4.16. The average Bonchev–Trinajstić information content (AvgIpc) is 2.97. The molecule has 0 saturated heterocycles. The minimum Gasteiger partial charge on any atom is -0.492 e. The molecule has 4 aromatic rings. The van der Waals surface area contributed by atoms with Crippen molar-refractivity contribution in [2.24, 2.45) is 0 Å². The van der Waals surface area contributed by atoms with Crippen LogP contribution in [0, 0.1) is 6.92 Å². The van der Waals surface area contributed by atoms with E-state index in [9.17, 15) is 18.0 Å². The summed E-state index contributed by atoms with van der Waals surface area (Å²) in [6.45, 7) is 5.30. The van der Waals surface area contributed by atoms with Crippen LogP contribution in [0.4, 0.5) is 11.4 Å². The van der Waals surface area contributed by atoms with Crippen LogP contribution in [0.5, 0.6) is 5.75 Å². The van der Waals surface area contributed by atoms with Crippen molar-refractivity contribution >= 4 is 33.2 Å². The SMILES string of the molecule is CCOc1ccccc1N(CC(=O)Nc1ccccc1C(=O)N[C@@H](C)c1ccccc1)S(=O)(=O)c1ccc(C)cc1. The molecule has 0 aliphatic heterocycles. The molecule has 2 N–H and O–H groups in total. The molecule has 0 saturated carbocycles. The van der Waals surface area contributed by atoms with Gasteiger partial charge in [0.1, 0.15) is 12.3 Å². The Morgan fingerprint density at radius 2 is 1.49 bits per heavy atom. The molecule has 1 atom stereocenters. The normalized spacial score (nSPS) is 11.8. The van der Waals surface area contributed by atoms with Gasteiger partial charge in [-0.15, -0.1) is 0 Å². The number of ether oxygens (including phenoxy) is 1. The maximum atomic E-state index is 13.8. The number of carbonyl (C=O) groups is 2. The molecule has 2 amide bonds. The second-order valence-corrected chi connectivity index (χ2v) is 11.3. The summed E-state index contributed by atoms with van der Waals surface area (Å²) in [4.78, 5) is 26.6. The van der Waals surface area contributed by atoms with Crippen LogP contribution in [0.2, 0.25) is 0 Å². The fourth-order valence-electron chi connectivity index (χ4n) is 4.29. The zero-order valence-electron chi connectivity index (χ0n) is 23.2. The molecule has 0 spiro atoms. The third-order valence-electron chi connectivity index (χ3n) is 6.42. The molecule has 0 aromatic heterocycles. The van der Waals surface area contributed by atoms with Crippen molar-refractivity contribution in [3.8, 4) is 5.75 Å². The second kappa shape index (κ2) is 13.1. The predicted octanol–water partition coefficient (Wildman–Crippen LogP) is 5.72. The fraction of sp³-hybridized carbons (Fsp3) is 0.188. The van der Waals surface area contributed by atoms with Crippen molar-refractivity contribution in [1.82, 2.24) is 5.32 Å². The maximum absolute atomic E-state index is 13.8. The number of rotatable bonds is 11. The minimum atomic E-state index is -4.16. The monoisotopic (exact) mass is 571 g/mol. The molecule has 4 rings (SSSR count). The summed E-state index contributed by atoms with van der Waals surface area (Å²) in [5.41, 5.74) is 2.59. The van der Waals surface area contributed by atoms with Crippen LogP contribution in [-0.4, -0.2) is 33.4 Å². The predicted molar refractivity (Wildman–Crippen MR) is 161 cm³/mol. The van der Waals surface area contributed by atoms with Crippen molar-refractivity contribution in [3.05, 3.63) is 120 Å². The Labute approximate surface area is 241 Å². The Bertz CT molecular complexity index is 1610. The Morgan fingerprint density at radius 1 is 0.854 bits per heavy atom. The standard InChI is InChI=1S/C32H33N3O5S/c1-4-40-30-17-11-10-16-29(30)35(41(38,39)26-20-18-23(2)19-21-26)22-31(36)34-28-15-9-8-14-27(28)32(37)33-24(3)25-12-6-5-7-13-25/h5-21,24H,4,22H2,1-3H3,(H,33,37)(H,34,36)/t24-/m0/s1. The molecule has 0 fully saturated rings. The van der Waals surface area contributed by atoms with E-state index in [1.165, 1.54) is 12.1 Å². The minimum absolute atomic E-state index is 0.0388. The number of nitrogens with one attached hydrogen (secondary N) is 2. The summed E-state index contributed by atoms with van der Waals surface area (Å²) in [5.74, 6) is -0.667. The van der Waals surface area contributed by atoms with Gasteiger partial charge in [-0.3, -0.25) is 13.9 Å². The number of amides is 2. The van der Waals surface area contributed by atoms with Crippen molar-refractivity contribution in [2.45, 2.75) is 31.7 Å². The Morgan fingerprint density at radius 3 is 2.20 bits per heavy atom. The first-order valence-electron chi connectivity index (χ1n) is 13.3. The number of benzene rings is 4. The Hall–Kier alpha value is -4.63. The van der Waals surface area contributed by atoms with Gasteiger partial charge in [0.2, 0.25) is 5.91 Å². The van der Waals surface area contributed by atoms with Gasteiger partial charge in [0.05, 0.1) is 34.5 Å². The number of anilines is 2. The van der Waals surface area contributed by atoms with E-state index in [1.54, 1.807) is 67.6 Å². The van der Waals surface area contributed by atoms with Gasteiger partial charge >= 0.3 is 0 Å². The molecule has 0 aliphatic rings. The van der Waals surface area contributed by atoms with Crippen molar-refractivity contribution in [2.75, 3.05) is 22.8 Å².